The van der Waals surface area contributed by atoms with E-state index in [1.807, 2.05) is 0 Å². The van der Waals surface area contributed by atoms with Crippen molar-refractivity contribution >= 4 is 5.91 Å². The van der Waals surface area contributed by atoms with Crippen molar-refractivity contribution in [3.05, 3.63) is 0 Å². The van der Waals surface area contributed by atoms with Crippen molar-refractivity contribution < 1.29 is 4.79 Å². The summed E-state index contributed by atoms with van der Waals surface area (Å²) in [6, 6.07) is 0.415. The van der Waals surface area contributed by atoms with Gasteiger partial charge in [-0.2, -0.15) is 0 Å². The molecule has 17 heavy (non-hydrogen) atoms. The Balaban J connectivity index is 1.82. The van der Waals surface area contributed by atoms with Crippen LogP contribution in [-0.4, -0.2) is 18.0 Å². The van der Waals surface area contributed by atoms with Gasteiger partial charge in [0, 0.05) is 18.0 Å². The fourth-order valence-electron chi connectivity index (χ4n) is 3.18. The summed E-state index contributed by atoms with van der Waals surface area (Å²) in [4.78, 5) is 12.2. The molecule has 2 rings (SSSR count). The zero-order chi connectivity index (χ0) is 12.1. The van der Waals surface area contributed by atoms with E-state index in [0.717, 1.165) is 25.7 Å². The zero-order valence-corrected chi connectivity index (χ0v) is 10.8. The van der Waals surface area contributed by atoms with Crippen LogP contribution in [0.1, 0.15) is 64.2 Å². The van der Waals surface area contributed by atoms with Crippen molar-refractivity contribution in [2.24, 2.45) is 11.7 Å². The van der Waals surface area contributed by atoms with Crippen molar-refractivity contribution in [1.29, 1.82) is 0 Å². The van der Waals surface area contributed by atoms with Crippen LogP contribution >= 0.6 is 0 Å². The summed E-state index contributed by atoms with van der Waals surface area (Å²) >= 11 is 0. The van der Waals surface area contributed by atoms with E-state index in [9.17, 15) is 4.79 Å². The lowest BCUT2D eigenvalue weighted by atomic mass is 9.90. The molecule has 2 atom stereocenters. The molecule has 2 unspecified atom stereocenters. The van der Waals surface area contributed by atoms with E-state index in [0.29, 0.717) is 0 Å². The second kappa shape index (κ2) is 6.39. The molecular formula is C14H26N2O. The van der Waals surface area contributed by atoms with Crippen molar-refractivity contribution in [3.63, 3.8) is 0 Å². The first-order valence-electron chi connectivity index (χ1n) is 7.33. The van der Waals surface area contributed by atoms with E-state index < -0.39 is 0 Å². The summed E-state index contributed by atoms with van der Waals surface area (Å²) in [6.07, 6.45) is 11.8. The number of amides is 1. The SMILES string of the molecule is NC1CCCCC1NC(=O)C1CCCCCC1. The lowest BCUT2D eigenvalue weighted by molar-refractivity contribution is -0.126. The Morgan fingerprint density at radius 2 is 1.47 bits per heavy atom. The van der Waals surface area contributed by atoms with Crippen molar-refractivity contribution in [2.75, 3.05) is 0 Å². The Morgan fingerprint density at radius 1 is 0.882 bits per heavy atom. The van der Waals surface area contributed by atoms with Crippen LogP contribution in [0.3, 0.4) is 0 Å². The molecule has 0 bridgehead atoms. The Kier molecular flexibility index (Phi) is 4.84. The molecule has 3 heteroatoms. The molecule has 0 aromatic rings. The monoisotopic (exact) mass is 238 g/mol. The van der Waals surface area contributed by atoms with Gasteiger partial charge in [-0.25, -0.2) is 0 Å². The third kappa shape index (κ3) is 3.70. The van der Waals surface area contributed by atoms with Crippen LogP contribution in [0.25, 0.3) is 0 Å². The van der Waals surface area contributed by atoms with Crippen LogP contribution < -0.4 is 11.1 Å². The smallest absolute Gasteiger partial charge is 0.223 e. The molecule has 0 aliphatic heterocycles. The maximum Gasteiger partial charge on any atom is 0.223 e. The average molecular weight is 238 g/mol. The predicted molar refractivity (Wildman–Crippen MR) is 69.6 cm³/mol. The van der Waals surface area contributed by atoms with E-state index in [-0.39, 0.29) is 23.9 Å². The quantitative estimate of drug-likeness (QED) is 0.726. The summed E-state index contributed by atoms with van der Waals surface area (Å²) in [5.74, 6) is 0.529. The molecule has 98 valence electrons. The van der Waals surface area contributed by atoms with Gasteiger partial charge in [-0.1, -0.05) is 38.5 Å². The molecular weight excluding hydrogens is 212 g/mol. The van der Waals surface area contributed by atoms with Gasteiger partial charge in [0.15, 0.2) is 0 Å². The highest BCUT2D eigenvalue weighted by atomic mass is 16.1. The number of hydrogen-bond donors (Lipinski definition) is 2. The summed E-state index contributed by atoms with van der Waals surface area (Å²) in [5, 5.41) is 3.20. The van der Waals surface area contributed by atoms with E-state index in [4.69, 9.17) is 5.73 Å². The van der Waals surface area contributed by atoms with Crippen LogP contribution in [0.5, 0.6) is 0 Å². The molecule has 0 spiro atoms. The summed E-state index contributed by atoms with van der Waals surface area (Å²) in [5.41, 5.74) is 6.07. The van der Waals surface area contributed by atoms with Gasteiger partial charge in [-0.15, -0.1) is 0 Å². The average Bonchev–Trinajstić information content (AvgIpc) is 2.61. The fraction of sp³-hybridized carbons (Fsp3) is 0.929. The van der Waals surface area contributed by atoms with Crippen LogP contribution in [-0.2, 0) is 4.79 Å². The predicted octanol–water partition coefficient (Wildman–Crippen LogP) is 2.34. The molecule has 3 N–H and O–H groups in total. The third-order valence-electron chi connectivity index (χ3n) is 4.37. The number of carbonyl (C=O) groups is 1. The lowest BCUT2D eigenvalue weighted by Gasteiger charge is -2.30. The molecule has 2 saturated carbocycles. The highest BCUT2D eigenvalue weighted by Crippen LogP contribution is 2.24. The van der Waals surface area contributed by atoms with E-state index in [1.165, 1.54) is 38.5 Å². The minimum atomic E-state index is 0.179. The number of carbonyl (C=O) groups excluding carboxylic acids is 1. The van der Waals surface area contributed by atoms with Gasteiger partial charge in [0.05, 0.1) is 0 Å². The minimum absolute atomic E-state index is 0.179. The number of hydrogen-bond acceptors (Lipinski definition) is 2. The largest absolute Gasteiger partial charge is 0.352 e. The normalized spacial score (nSPS) is 31.8. The van der Waals surface area contributed by atoms with Crippen LogP contribution in [0.15, 0.2) is 0 Å². The van der Waals surface area contributed by atoms with Crippen LogP contribution in [0, 0.1) is 5.92 Å². The molecule has 0 heterocycles. The number of rotatable bonds is 2. The molecule has 2 aliphatic carbocycles. The summed E-state index contributed by atoms with van der Waals surface area (Å²) in [6.45, 7) is 0. The third-order valence-corrected chi connectivity index (χ3v) is 4.37. The second-order valence-electron chi connectivity index (χ2n) is 5.75. The highest BCUT2D eigenvalue weighted by molar-refractivity contribution is 5.79. The first kappa shape index (κ1) is 12.9. The molecule has 2 fully saturated rings. The summed E-state index contributed by atoms with van der Waals surface area (Å²) in [7, 11) is 0. The van der Waals surface area contributed by atoms with E-state index >= 15 is 0 Å². The first-order valence-corrected chi connectivity index (χ1v) is 7.33. The first-order chi connectivity index (χ1) is 8.27. The molecule has 2 aliphatic rings. The lowest BCUT2D eigenvalue weighted by Crippen LogP contribution is -2.50. The highest BCUT2D eigenvalue weighted by Gasteiger charge is 2.27. The fourth-order valence-corrected chi connectivity index (χ4v) is 3.18. The zero-order valence-electron chi connectivity index (χ0n) is 10.8. The second-order valence-corrected chi connectivity index (χ2v) is 5.75. The van der Waals surface area contributed by atoms with Gasteiger partial charge in [-0.3, -0.25) is 4.79 Å². The maximum atomic E-state index is 12.2. The molecule has 1 amide bonds. The van der Waals surface area contributed by atoms with Crippen molar-refractivity contribution in [1.82, 2.24) is 5.32 Å². The standard InChI is InChI=1S/C14H26N2O/c15-12-9-5-6-10-13(12)16-14(17)11-7-3-1-2-4-8-11/h11-13H,1-10,15H2,(H,16,17). The van der Waals surface area contributed by atoms with Gasteiger partial charge in [0.1, 0.15) is 0 Å². The Morgan fingerprint density at radius 3 is 2.12 bits per heavy atom. The van der Waals surface area contributed by atoms with Gasteiger partial charge in [-0.05, 0) is 25.7 Å². The van der Waals surface area contributed by atoms with Gasteiger partial charge < -0.3 is 11.1 Å². The van der Waals surface area contributed by atoms with Gasteiger partial charge >= 0.3 is 0 Å². The van der Waals surface area contributed by atoms with E-state index in [2.05, 4.69) is 5.32 Å². The van der Waals surface area contributed by atoms with Gasteiger partial charge in [0.25, 0.3) is 0 Å². The van der Waals surface area contributed by atoms with Crippen LogP contribution in [0.2, 0.25) is 0 Å². The number of nitrogens with two attached hydrogens (primary N) is 1. The number of nitrogens with one attached hydrogen (secondary N) is 1. The van der Waals surface area contributed by atoms with Crippen LogP contribution in [0.4, 0.5) is 0 Å². The Labute approximate surface area is 105 Å². The molecule has 3 nitrogen and oxygen atoms in total. The molecule has 0 saturated heterocycles. The Bertz CT molecular complexity index is 247. The van der Waals surface area contributed by atoms with E-state index in [1.54, 1.807) is 0 Å². The molecule has 0 radical (unpaired) electrons. The summed E-state index contributed by atoms with van der Waals surface area (Å²) < 4.78 is 0. The van der Waals surface area contributed by atoms with Crippen molar-refractivity contribution in [2.45, 2.75) is 76.3 Å². The minimum Gasteiger partial charge on any atom is -0.352 e. The maximum absolute atomic E-state index is 12.2. The molecule has 0 aromatic carbocycles. The van der Waals surface area contributed by atoms with Gasteiger partial charge in [0.2, 0.25) is 5.91 Å². The topological polar surface area (TPSA) is 55.1 Å². The molecule has 0 aromatic heterocycles. The Hall–Kier alpha value is -0.570. The van der Waals surface area contributed by atoms with Crippen molar-refractivity contribution in [3.8, 4) is 0 Å².